The summed E-state index contributed by atoms with van der Waals surface area (Å²) < 4.78 is 45.7. The van der Waals surface area contributed by atoms with Crippen molar-refractivity contribution < 1.29 is 22.7 Å². The van der Waals surface area contributed by atoms with Gasteiger partial charge in [-0.2, -0.15) is 13.2 Å². The minimum atomic E-state index is -4.62. The highest BCUT2D eigenvalue weighted by atomic mass is 19.4. The number of ether oxygens (including phenoxy) is 1. The zero-order valence-electron chi connectivity index (χ0n) is 15.9. The Kier molecular flexibility index (Phi) is 6.10. The van der Waals surface area contributed by atoms with Crippen LogP contribution in [-0.2, 0) is 12.7 Å². The number of urea groups is 1. The lowest BCUT2D eigenvalue weighted by Crippen LogP contribution is -2.28. The van der Waals surface area contributed by atoms with Crippen molar-refractivity contribution in [3.05, 3.63) is 88.3 Å². The quantitative estimate of drug-likeness (QED) is 0.639. The average Bonchev–Trinajstić information content (AvgIpc) is 2.71. The van der Waals surface area contributed by atoms with E-state index in [1.165, 1.54) is 29.9 Å². The fourth-order valence-corrected chi connectivity index (χ4v) is 2.84. The molecule has 0 spiro atoms. The highest BCUT2D eigenvalue weighted by molar-refractivity contribution is 6.00. The van der Waals surface area contributed by atoms with Crippen LogP contribution in [0.3, 0.4) is 0 Å². The van der Waals surface area contributed by atoms with E-state index in [0.717, 1.165) is 17.7 Å². The van der Waals surface area contributed by atoms with Crippen LogP contribution in [0.4, 0.5) is 29.3 Å². The molecule has 1 aromatic heterocycles. The van der Waals surface area contributed by atoms with Gasteiger partial charge in [0.15, 0.2) is 0 Å². The van der Waals surface area contributed by atoms with Gasteiger partial charge in [-0.1, -0.05) is 24.3 Å². The van der Waals surface area contributed by atoms with Crippen LogP contribution < -0.4 is 20.9 Å². The number of carbonyl (C=O) groups excluding carboxylic acids is 1. The molecule has 1 heterocycles. The number of pyridine rings is 1. The number of rotatable bonds is 5. The third kappa shape index (κ3) is 4.99. The zero-order valence-corrected chi connectivity index (χ0v) is 15.9. The van der Waals surface area contributed by atoms with Crippen LogP contribution in [0.2, 0.25) is 0 Å². The Morgan fingerprint density at radius 3 is 2.43 bits per heavy atom. The van der Waals surface area contributed by atoms with Crippen molar-refractivity contribution in [3.8, 4) is 5.75 Å². The first-order chi connectivity index (χ1) is 14.3. The lowest BCUT2D eigenvalue weighted by Gasteiger charge is -2.14. The van der Waals surface area contributed by atoms with Gasteiger partial charge >= 0.3 is 12.2 Å². The fourth-order valence-electron chi connectivity index (χ4n) is 2.84. The summed E-state index contributed by atoms with van der Waals surface area (Å²) >= 11 is 0. The number of hydrogen-bond donors (Lipinski definition) is 2. The zero-order chi connectivity index (χ0) is 21.7. The number of alkyl halides is 3. The minimum Gasteiger partial charge on any atom is -0.497 e. The van der Waals surface area contributed by atoms with Crippen LogP contribution in [0.25, 0.3) is 0 Å². The highest BCUT2D eigenvalue weighted by Crippen LogP contribution is 2.34. The van der Waals surface area contributed by atoms with Crippen molar-refractivity contribution in [2.75, 3.05) is 17.7 Å². The van der Waals surface area contributed by atoms with Gasteiger partial charge < -0.3 is 19.9 Å². The number of nitrogens with zero attached hydrogens (tertiary/aromatic N) is 1. The predicted molar refractivity (Wildman–Crippen MR) is 107 cm³/mol. The number of hydrogen-bond acceptors (Lipinski definition) is 3. The van der Waals surface area contributed by atoms with Crippen LogP contribution in [-0.4, -0.2) is 17.7 Å². The van der Waals surface area contributed by atoms with Crippen molar-refractivity contribution >= 4 is 17.4 Å². The van der Waals surface area contributed by atoms with Crippen molar-refractivity contribution in [3.63, 3.8) is 0 Å². The van der Waals surface area contributed by atoms with Gasteiger partial charge in [0.1, 0.15) is 11.4 Å². The Bertz CT molecular complexity index is 1110. The number of aromatic nitrogens is 1. The van der Waals surface area contributed by atoms with Crippen LogP contribution in [0.5, 0.6) is 5.75 Å². The van der Waals surface area contributed by atoms with Gasteiger partial charge in [0.05, 0.1) is 24.9 Å². The van der Waals surface area contributed by atoms with E-state index in [1.54, 1.807) is 30.5 Å². The summed E-state index contributed by atoms with van der Waals surface area (Å²) in [5.74, 6) is 0.637. The topological polar surface area (TPSA) is 72.4 Å². The van der Waals surface area contributed by atoms with Gasteiger partial charge in [0, 0.05) is 6.20 Å². The van der Waals surface area contributed by atoms with Gasteiger partial charge in [-0.15, -0.1) is 0 Å². The number of carbonyl (C=O) groups is 1. The van der Waals surface area contributed by atoms with E-state index >= 15 is 0 Å². The molecule has 156 valence electrons. The van der Waals surface area contributed by atoms with E-state index in [0.29, 0.717) is 5.75 Å². The lowest BCUT2D eigenvalue weighted by atomic mass is 10.1. The Labute approximate surface area is 169 Å². The molecular formula is C21H18F3N3O3. The van der Waals surface area contributed by atoms with Gasteiger partial charge in [0.2, 0.25) is 0 Å². The molecule has 0 aliphatic heterocycles. The molecule has 0 fully saturated rings. The molecule has 0 atom stereocenters. The van der Waals surface area contributed by atoms with Crippen LogP contribution in [0, 0.1) is 0 Å². The Morgan fingerprint density at radius 2 is 1.70 bits per heavy atom. The van der Waals surface area contributed by atoms with Crippen molar-refractivity contribution in [2.45, 2.75) is 12.7 Å². The minimum absolute atomic E-state index is 0.0672. The summed E-state index contributed by atoms with van der Waals surface area (Å²) in [6.07, 6.45) is -3.08. The molecule has 30 heavy (non-hydrogen) atoms. The SMILES string of the molecule is COc1cccc(Cn2cccc(NC(=O)Nc3ccccc3C(F)(F)F)c2=O)c1. The monoisotopic (exact) mass is 417 g/mol. The van der Waals surface area contributed by atoms with Gasteiger partial charge in [-0.25, -0.2) is 4.79 Å². The molecule has 0 saturated heterocycles. The molecule has 3 rings (SSSR count). The maximum atomic E-state index is 13.1. The van der Waals surface area contributed by atoms with Crippen LogP contribution in [0.1, 0.15) is 11.1 Å². The van der Waals surface area contributed by atoms with Gasteiger partial charge in [0.25, 0.3) is 5.56 Å². The fraction of sp³-hybridized carbons (Fsp3) is 0.143. The van der Waals surface area contributed by atoms with E-state index in [-0.39, 0.29) is 12.2 Å². The lowest BCUT2D eigenvalue weighted by molar-refractivity contribution is -0.136. The molecular weight excluding hydrogens is 399 g/mol. The van der Waals surface area contributed by atoms with E-state index < -0.39 is 29.0 Å². The molecule has 2 amide bonds. The standard InChI is InChI=1S/C21H18F3N3O3/c1-30-15-7-4-6-14(12-15)13-27-11-5-10-18(19(27)28)26-20(29)25-17-9-3-2-8-16(17)21(22,23)24/h2-12H,13H2,1H3,(H2,25,26,29). The summed E-state index contributed by atoms with van der Waals surface area (Å²) in [5, 5.41) is 4.45. The summed E-state index contributed by atoms with van der Waals surface area (Å²) in [6.45, 7) is 0.226. The molecule has 9 heteroatoms. The smallest absolute Gasteiger partial charge is 0.418 e. The molecule has 0 bridgehead atoms. The summed E-state index contributed by atoms with van der Waals surface area (Å²) in [5.41, 5.74) is -1.15. The van der Waals surface area contributed by atoms with Crippen LogP contribution >= 0.6 is 0 Å². The maximum absolute atomic E-state index is 13.1. The van der Waals surface area contributed by atoms with Crippen molar-refractivity contribution in [2.24, 2.45) is 0 Å². The molecule has 2 aromatic carbocycles. The van der Waals surface area contributed by atoms with Crippen LogP contribution in [0.15, 0.2) is 71.7 Å². The molecule has 6 nitrogen and oxygen atoms in total. The predicted octanol–water partition coefficient (Wildman–Crippen LogP) is 4.57. The second-order valence-corrected chi connectivity index (χ2v) is 6.33. The largest absolute Gasteiger partial charge is 0.497 e. The number of halogens is 3. The second-order valence-electron chi connectivity index (χ2n) is 6.33. The van der Waals surface area contributed by atoms with E-state index in [1.807, 2.05) is 6.07 Å². The van der Waals surface area contributed by atoms with Gasteiger partial charge in [-0.05, 0) is 42.0 Å². The van der Waals surface area contributed by atoms with Crippen molar-refractivity contribution in [1.29, 1.82) is 0 Å². The third-order valence-corrected chi connectivity index (χ3v) is 4.24. The second kappa shape index (κ2) is 8.73. The van der Waals surface area contributed by atoms with Gasteiger partial charge in [-0.3, -0.25) is 4.79 Å². The highest BCUT2D eigenvalue weighted by Gasteiger charge is 2.33. The number of methoxy groups -OCH3 is 1. The molecule has 0 radical (unpaired) electrons. The van der Waals surface area contributed by atoms with E-state index in [9.17, 15) is 22.8 Å². The molecule has 0 saturated carbocycles. The molecule has 0 aliphatic rings. The third-order valence-electron chi connectivity index (χ3n) is 4.24. The maximum Gasteiger partial charge on any atom is 0.418 e. The number of nitrogens with one attached hydrogen (secondary N) is 2. The Balaban J connectivity index is 1.77. The Hall–Kier alpha value is -3.75. The summed E-state index contributed by atoms with van der Waals surface area (Å²) in [6, 6.07) is 13.7. The number of para-hydroxylation sites is 1. The number of benzene rings is 2. The number of amides is 2. The first kappa shape index (κ1) is 21.0. The number of anilines is 2. The van der Waals surface area contributed by atoms with E-state index in [4.69, 9.17) is 4.74 Å². The first-order valence-corrected chi connectivity index (χ1v) is 8.84. The molecule has 0 aliphatic carbocycles. The first-order valence-electron chi connectivity index (χ1n) is 8.84. The molecule has 3 aromatic rings. The van der Waals surface area contributed by atoms with E-state index in [2.05, 4.69) is 10.6 Å². The summed E-state index contributed by atoms with van der Waals surface area (Å²) in [7, 11) is 1.53. The molecule has 2 N–H and O–H groups in total. The molecule has 0 unspecified atom stereocenters. The summed E-state index contributed by atoms with van der Waals surface area (Å²) in [4.78, 5) is 24.9. The average molecular weight is 417 g/mol. The Morgan fingerprint density at radius 1 is 1.00 bits per heavy atom. The van der Waals surface area contributed by atoms with Crippen molar-refractivity contribution in [1.82, 2.24) is 4.57 Å². The normalized spacial score (nSPS) is 11.1.